The van der Waals surface area contributed by atoms with Crippen LogP contribution in [0.2, 0.25) is 16.6 Å². The Kier molecular flexibility index (Phi) is 16.9. The fourth-order valence-corrected chi connectivity index (χ4v) is 16.3. The molecule has 4 aromatic rings. The second-order valence-corrected chi connectivity index (χ2v) is 27.1. The summed E-state index contributed by atoms with van der Waals surface area (Å²) < 4.78 is 15.9. The Hall–Kier alpha value is -5.05. The molecule has 0 saturated carbocycles. The zero-order valence-electron chi connectivity index (χ0n) is 44.2. The molecule has 4 atom stereocenters. The van der Waals surface area contributed by atoms with Gasteiger partial charge in [0.25, 0.3) is 20.1 Å². The van der Waals surface area contributed by atoms with Crippen molar-refractivity contribution in [2.45, 2.75) is 169 Å². The van der Waals surface area contributed by atoms with Gasteiger partial charge in [-0.2, -0.15) is 0 Å². The van der Waals surface area contributed by atoms with Gasteiger partial charge in [0.2, 0.25) is 5.91 Å². The number of nitrogens with zero attached hydrogens (tertiary/aromatic N) is 4. The number of likely N-dealkylation sites (N-methyl/N-ethyl adjacent to an activating group) is 1. The molecule has 0 aliphatic carbocycles. The van der Waals surface area contributed by atoms with Gasteiger partial charge in [-0.1, -0.05) is 88.3 Å². The van der Waals surface area contributed by atoms with Gasteiger partial charge < -0.3 is 29.3 Å². The van der Waals surface area contributed by atoms with E-state index in [1.54, 1.807) is 18.1 Å². The fraction of sp³-hybridized carbons (Fsp3) is 0.582. The average molecular weight is 964 g/mol. The lowest BCUT2D eigenvalue weighted by Gasteiger charge is -2.42. The normalized spacial score (nSPS) is 18.9. The van der Waals surface area contributed by atoms with Crippen LogP contribution in [0.3, 0.4) is 0 Å². The number of pyridine rings is 1. The second-order valence-electron chi connectivity index (χ2n) is 21.8. The van der Waals surface area contributed by atoms with Crippen LogP contribution in [0, 0.1) is 11.3 Å². The molecule has 0 spiro atoms. The summed E-state index contributed by atoms with van der Waals surface area (Å²) in [6, 6.07) is 12.7. The van der Waals surface area contributed by atoms with Gasteiger partial charge in [-0.25, -0.2) is 5.43 Å². The van der Waals surface area contributed by atoms with E-state index in [9.17, 15) is 19.2 Å². The van der Waals surface area contributed by atoms with Crippen LogP contribution in [0.25, 0.3) is 33.3 Å². The Bertz CT molecular complexity index is 2470. The van der Waals surface area contributed by atoms with Crippen molar-refractivity contribution in [1.82, 2.24) is 35.5 Å². The van der Waals surface area contributed by atoms with Crippen molar-refractivity contribution in [2.24, 2.45) is 11.3 Å². The number of nitrogens with one attached hydrogen (secondary N) is 3. The zero-order valence-corrected chi connectivity index (χ0v) is 45.2. The Morgan fingerprint density at radius 1 is 0.942 bits per heavy atom. The molecule has 3 N–H and O–H groups in total. The maximum absolute atomic E-state index is 14.8. The molecule has 2 aromatic heterocycles. The van der Waals surface area contributed by atoms with E-state index >= 15 is 0 Å². The number of carbonyl (C=O) groups is 4. The molecule has 69 heavy (non-hydrogen) atoms. The van der Waals surface area contributed by atoms with Gasteiger partial charge in [0.15, 0.2) is 0 Å². The highest BCUT2D eigenvalue weighted by atomic mass is 28.4. The number of fused-ring (bicyclic) bond motifs is 6. The molecular formula is C55H81N7O6Si. The lowest BCUT2D eigenvalue weighted by molar-refractivity contribution is -0.155. The van der Waals surface area contributed by atoms with Crippen molar-refractivity contribution in [3.63, 3.8) is 0 Å². The minimum absolute atomic E-state index is 0.0350. The molecule has 2 aliphatic rings. The third-order valence-electron chi connectivity index (χ3n) is 14.9. The fourth-order valence-electron chi connectivity index (χ4n) is 11.0. The molecule has 6 rings (SSSR count). The molecule has 4 heterocycles. The first kappa shape index (κ1) is 53.3. The zero-order chi connectivity index (χ0) is 50.7. The van der Waals surface area contributed by atoms with Gasteiger partial charge in [-0.15, -0.1) is 0 Å². The van der Waals surface area contributed by atoms with E-state index in [2.05, 4.69) is 131 Å². The van der Waals surface area contributed by atoms with Crippen LogP contribution in [0.4, 0.5) is 0 Å². The predicted octanol–water partition coefficient (Wildman–Crippen LogP) is 9.71. The van der Waals surface area contributed by atoms with Crippen molar-refractivity contribution < 1.29 is 28.3 Å². The van der Waals surface area contributed by atoms with Crippen LogP contribution in [0.15, 0.2) is 54.9 Å². The number of hydrogen-bond donors (Lipinski definition) is 3. The molecule has 1 saturated heterocycles. The van der Waals surface area contributed by atoms with E-state index in [0.717, 1.165) is 56.6 Å². The van der Waals surface area contributed by atoms with E-state index in [1.807, 2.05) is 40.1 Å². The summed E-state index contributed by atoms with van der Waals surface area (Å²) in [5.41, 5.74) is 10.7. The summed E-state index contributed by atoms with van der Waals surface area (Å²) in [5, 5.41) is 8.82. The van der Waals surface area contributed by atoms with E-state index < -0.39 is 37.8 Å². The van der Waals surface area contributed by atoms with E-state index in [0.29, 0.717) is 54.5 Å². The second kappa shape index (κ2) is 21.9. The third-order valence-corrected chi connectivity index (χ3v) is 20.9. The molecule has 13 nitrogen and oxygen atoms in total. The number of benzene rings is 2. The van der Waals surface area contributed by atoms with Crippen molar-refractivity contribution in [1.29, 1.82) is 0 Å². The minimum Gasteiger partial charge on any atom is -0.543 e. The van der Waals surface area contributed by atoms with Crippen LogP contribution in [-0.2, 0) is 38.5 Å². The van der Waals surface area contributed by atoms with Gasteiger partial charge >= 0.3 is 5.97 Å². The monoisotopic (exact) mass is 964 g/mol. The molecule has 1 fully saturated rings. The standard InChI is InChI=1S/C55H81N7O6Si/c1-16-37(11)60(15)52(64)42-26-41(30-57-31-42)50-45-29-55(12,13)32-67-54(66)46-19-18-22-62(59-46)53(65)47(58-51(63)49(56-14)33(3)4)25-38-23-40(39-20-21-48(44(45)28-39)61(50)17-2)27-43(24-38)68-69(34(5)6,35(7)8)36(9)10/h20-21,23-24,26-28,30-31,33-37,46-47,49,56,59H,16-19,22,25,29,32H2,1-15H3,(H,58,63)/t37?,46-,47-,49-/m0/s1. The smallest absolute Gasteiger partial charge is 0.324 e. The van der Waals surface area contributed by atoms with E-state index in [1.165, 1.54) is 5.01 Å². The molecule has 1 unspecified atom stereocenters. The molecule has 376 valence electrons. The molecule has 2 aromatic carbocycles. The lowest BCUT2D eigenvalue weighted by atomic mass is 9.84. The first-order valence-electron chi connectivity index (χ1n) is 25.5. The number of ether oxygens (including phenoxy) is 1. The highest BCUT2D eigenvalue weighted by Crippen LogP contribution is 2.45. The number of aryl methyl sites for hydroxylation is 1. The van der Waals surface area contributed by atoms with Crippen molar-refractivity contribution in [3.8, 4) is 28.1 Å². The summed E-state index contributed by atoms with van der Waals surface area (Å²) in [7, 11) is 1.12. The van der Waals surface area contributed by atoms with Crippen LogP contribution in [0.1, 0.15) is 131 Å². The van der Waals surface area contributed by atoms with Gasteiger partial charge in [0.1, 0.15) is 17.8 Å². The maximum Gasteiger partial charge on any atom is 0.324 e. The van der Waals surface area contributed by atoms with Gasteiger partial charge in [-0.3, -0.25) is 29.2 Å². The number of amides is 3. The first-order chi connectivity index (χ1) is 32.6. The SMILES string of the molecule is CCC(C)N(C)C(=O)c1cncc(-c2c3c4cc(ccc4n2CC)-c2cc(cc(O[Si](C(C)C)(C(C)C)C(C)C)c2)C[C@H](NC(=O)[C@@H](NC)C(C)C)C(=O)N2CCC[C@H](N2)C(=O)OCC(C)(C)C3)c1. The first-order valence-corrected chi connectivity index (χ1v) is 27.6. The highest BCUT2D eigenvalue weighted by molar-refractivity contribution is 6.78. The van der Waals surface area contributed by atoms with Crippen molar-refractivity contribution >= 4 is 42.9 Å². The van der Waals surface area contributed by atoms with Crippen LogP contribution >= 0.6 is 0 Å². The summed E-state index contributed by atoms with van der Waals surface area (Å²) >= 11 is 0. The highest BCUT2D eigenvalue weighted by Gasteiger charge is 2.47. The molecule has 14 heteroatoms. The quantitative estimate of drug-likeness (QED) is 0.0831. The van der Waals surface area contributed by atoms with Crippen LogP contribution in [0.5, 0.6) is 5.75 Å². The third kappa shape index (κ3) is 11.3. The minimum atomic E-state index is -2.47. The summed E-state index contributed by atoms with van der Waals surface area (Å²) in [6.07, 6.45) is 6.12. The largest absolute Gasteiger partial charge is 0.543 e. The molecule has 0 radical (unpaired) electrons. The number of hydrogen-bond acceptors (Lipinski definition) is 9. The van der Waals surface area contributed by atoms with Crippen molar-refractivity contribution in [2.75, 3.05) is 27.2 Å². The van der Waals surface area contributed by atoms with E-state index in [-0.39, 0.29) is 42.7 Å². The van der Waals surface area contributed by atoms with Gasteiger partial charge in [0, 0.05) is 66.9 Å². The van der Waals surface area contributed by atoms with Gasteiger partial charge in [0.05, 0.1) is 23.9 Å². The van der Waals surface area contributed by atoms with Crippen molar-refractivity contribution in [3.05, 3.63) is 71.5 Å². The number of cyclic esters (lactones) is 1. The Balaban J connectivity index is 1.63. The average Bonchev–Trinajstić information content (AvgIpc) is 3.62. The Labute approximate surface area is 413 Å². The summed E-state index contributed by atoms with van der Waals surface area (Å²) in [5.74, 6) is -0.403. The Morgan fingerprint density at radius 3 is 2.26 bits per heavy atom. The number of carbonyl (C=O) groups excluding carboxylic acids is 4. The number of rotatable bonds is 14. The van der Waals surface area contributed by atoms with Crippen LogP contribution < -0.4 is 20.5 Å². The molecule has 3 amide bonds. The number of esters is 1. The molecule has 2 aliphatic heterocycles. The van der Waals surface area contributed by atoms with Crippen LogP contribution in [-0.4, -0.2) is 103 Å². The maximum atomic E-state index is 14.8. The molecular weight excluding hydrogens is 883 g/mol. The number of aromatic nitrogens is 2. The lowest BCUT2D eigenvalue weighted by Crippen LogP contribution is -2.61. The number of hydrazine groups is 1. The van der Waals surface area contributed by atoms with E-state index in [4.69, 9.17) is 9.16 Å². The predicted molar refractivity (Wildman–Crippen MR) is 279 cm³/mol. The summed E-state index contributed by atoms with van der Waals surface area (Å²) in [4.78, 5) is 63.2. The molecule has 6 bridgehead atoms. The topological polar surface area (TPSA) is 147 Å². The van der Waals surface area contributed by atoms with Gasteiger partial charge in [-0.05, 0) is 122 Å². The summed E-state index contributed by atoms with van der Waals surface area (Å²) in [6.45, 7) is 29.2. The Morgan fingerprint density at radius 2 is 1.64 bits per heavy atom.